The molecular formula is C17H15BrFN7O. The van der Waals surface area contributed by atoms with Crippen molar-refractivity contribution in [2.75, 3.05) is 0 Å². The van der Waals surface area contributed by atoms with Gasteiger partial charge in [-0.3, -0.25) is 0 Å². The van der Waals surface area contributed by atoms with E-state index in [9.17, 15) is 4.39 Å². The van der Waals surface area contributed by atoms with Crippen LogP contribution in [-0.2, 0) is 6.54 Å². The highest BCUT2D eigenvalue weighted by Gasteiger charge is 2.14. The Labute approximate surface area is 162 Å². The molecule has 1 unspecified atom stereocenters. The Morgan fingerprint density at radius 2 is 2.15 bits per heavy atom. The van der Waals surface area contributed by atoms with Crippen LogP contribution in [0.15, 0.2) is 41.3 Å². The number of ether oxygens (including phenoxy) is 1. The number of halogens is 2. The summed E-state index contributed by atoms with van der Waals surface area (Å²) in [5.41, 5.74) is 2.98. The molecule has 0 spiro atoms. The van der Waals surface area contributed by atoms with Gasteiger partial charge in [-0.2, -0.15) is 5.10 Å². The van der Waals surface area contributed by atoms with E-state index in [1.54, 1.807) is 16.6 Å². The van der Waals surface area contributed by atoms with Crippen LogP contribution in [0, 0.1) is 12.7 Å². The van der Waals surface area contributed by atoms with E-state index in [1.165, 1.54) is 17.1 Å². The highest BCUT2D eigenvalue weighted by Crippen LogP contribution is 2.28. The molecule has 0 N–H and O–H groups in total. The van der Waals surface area contributed by atoms with Crippen molar-refractivity contribution in [3.05, 3.63) is 52.8 Å². The minimum atomic E-state index is -0.440. The Bertz CT molecular complexity index is 1100. The molecule has 8 nitrogen and oxygen atoms in total. The van der Waals surface area contributed by atoms with E-state index in [4.69, 9.17) is 4.74 Å². The molecule has 0 saturated heterocycles. The number of tetrazole rings is 1. The number of hydrogen-bond acceptors (Lipinski definition) is 6. The fraction of sp³-hybridized carbons (Fsp3) is 0.235. The van der Waals surface area contributed by atoms with Crippen molar-refractivity contribution in [2.45, 2.75) is 26.5 Å². The highest BCUT2D eigenvalue weighted by atomic mass is 79.9. The normalized spacial score (nSPS) is 12.4. The van der Waals surface area contributed by atoms with Gasteiger partial charge in [-0.15, -0.1) is 5.10 Å². The lowest BCUT2D eigenvalue weighted by atomic mass is 10.1. The van der Waals surface area contributed by atoms with Gasteiger partial charge in [-0.1, -0.05) is 0 Å². The van der Waals surface area contributed by atoms with Gasteiger partial charge in [-0.05, 0) is 64.5 Å². The monoisotopic (exact) mass is 431 g/mol. The first-order chi connectivity index (χ1) is 13.0. The largest absolute Gasteiger partial charge is 0.486 e. The minimum Gasteiger partial charge on any atom is -0.486 e. The van der Waals surface area contributed by atoms with Crippen LogP contribution >= 0.6 is 15.9 Å². The molecule has 138 valence electrons. The fourth-order valence-corrected chi connectivity index (χ4v) is 3.06. The Balaban J connectivity index is 1.62. The van der Waals surface area contributed by atoms with Crippen molar-refractivity contribution in [1.29, 1.82) is 0 Å². The number of fused-ring (bicyclic) bond motifs is 1. The van der Waals surface area contributed by atoms with Crippen molar-refractivity contribution >= 4 is 21.6 Å². The summed E-state index contributed by atoms with van der Waals surface area (Å²) in [6.45, 7) is 4.13. The summed E-state index contributed by atoms with van der Waals surface area (Å²) in [6.07, 6.45) is 2.98. The third-order valence-corrected chi connectivity index (χ3v) is 4.91. The predicted molar refractivity (Wildman–Crippen MR) is 98.7 cm³/mol. The predicted octanol–water partition coefficient (Wildman–Crippen LogP) is 3.06. The van der Waals surface area contributed by atoms with Crippen molar-refractivity contribution in [1.82, 2.24) is 34.8 Å². The van der Waals surface area contributed by atoms with Crippen LogP contribution in [0.2, 0.25) is 0 Å². The molecule has 4 rings (SSSR count). The van der Waals surface area contributed by atoms with Gasteiger partial charge in [0.05, 0.1) is 22.4 Å². The number of hydrogen-bond donors (Lipinski definition) is 0. The Morgan fingerprint density at radius 3 is 2.93 bits per heavy atom. The Morgan fingerprint density at radius 1 is 1.30 bits per heavy atom. The second-order valence-electron chi connectivity index (χ2n) is 6.09. The molecule has 0 amide bonds. The third-order valence-electron chi connectivity index (χ3n) is 3.98. The standard InChI is InChI=1S/C17H15BrFN7O/c1-10(8-25-9-20-23-24-25)27-15-7-12(3-4-13(15)19)14-5-6-26-17(21-14)16(18)11(2)22-26/h3-7,9-10H,8H2,1-2H3. The summed E-state index contributed by atoms with van der Waals surface area (Å²) in [5, 5.41) is 15.3. The van der Waals surface area contributed by atoms with Gasteiger partial charge in [0, 0.05) is 11.8 Å². The van der Waals surface area contributed by atoms with E-state index in [-0.39, 0.29) is 11.9 Å². The molecule has 10 heteroatoms. The minimum absolute atomic E-state index is 0.151. The van der Waals surface area contributed by atoms with E-state index in [0.29, 0.717) is 17.9 Å². The first-order valence-corrected chi connectivity index (χ1v) is 8.99. The smallest absolute Gasteiger partial charge is 0.170 e. The Hall–Kier alpha value is -2.88. The first-order valence-electron chi connectivity index (χ1n) is 8.20. The summed E-state index contributed by atoms with van der Waals surface area (Å²) >= 11 is 3.50. The lowest BCUT2D eigenvalue weighted by molar-refractivity contribution is 0.185. The molecule has 0 aliphatic rings. The molecule has 1 atom stereocenters. The molecule has 0 bridgehead atoms. The van der Waals surface area contributed by atoms with Crippen molar-refractivity contribution in [2.24, 2.45) is 0 Å². The average molecular weight is 432 g/mol. The molecule has 0 aliphatic carbocycles. The summed E-state index contributed by atoms with van der Waals surface area (Å²) in [6, 6.07) is 6.51. The molecule has 0 aliphatic heterocycles. The van der Waals surface area contributed by atoms with Crippen LogP contribution in [0.3, 0.4) is 0 Å². The zero-order valence-corrected chi connectivity index (χ0v) is 16.1. The zero-order chi connectivity index (χ0) is 19.0. The third kappa shape index (κ3) is 3.52. The van der Waals surface area contributed by atoms with Crippen molar-refractivity contribution in [3.8, 4) is 17.0 Å². The molecule has 0 saturated carbocycles. The van der Waals surface area contributed by atoms with Crippen LogP contribution in [0.5, 0.6) is 5.75 Å². The summed E-state index contributed by atoms with van der Waals surface area (Å²) in [5.74, 6) is -0.289. The van der Waals surface area contributed by atoms with Gasteiger partial charge in [0.15, 0.2) is 17.2 Å². The molecule has 0 radical (unpaired) electrons. The molecular weight excluding hydrogens is 417 g/mol. The van der Waals surface area contributed by atoms with Gasteiger partial charge in [0.2, 0.25) is 0 Å². The molecule has 0 fully saturated rings. The SMILES string of the molecule is Cc1nn2ccc(-c3ccc(F)c(OC(C)Cn4cnnn4)c3)nc2c1Br. The molecule has 27 heavy (non-hydrogen) atoms. The van der Waals surface area contributed by atoms with Gasteiger partial charge in [0.25, 0.3) is 0 Å². The van der Waals surface area contributed by atoms with Gasteiger partial charge < -0.3 is 4.74 Å². The maximum atomic E-state index is 14.2. The van der Waals surface area contributed by atoms with Gasteiger partial charge in [0.1, 0.15) is 12.4 Å². The van der Waals surface area contributed by atoms with Gasteiger partial charge in [-0.25, -0.2) is 18.6 Å². The van der Waals surface area contributed by atoms with Gasteiger partial charge >= 0.3 is 0 Å². The average Bonchev–Trinajstić information content (AvgIpc) is 3.25. The van der Waals surface area contributed by atoms with Crippen molar-refractivity contribution in [3.63, 3.8) is 0 Å². The number of aryl methyl sites for hydroxylation is 1. The summed E-state index contributed by atoms with van der Waals surface area (Å²) in [7, 11) is 0. The second-order valence-corrected chi connectivity index (χ2v) is 6.88. The van der Waals surface area contributed by atoms with Crippen LogP contribution in [0.4, 0.5) is 4.39 Å². The molecule has 1 aromatic carbocycles. The van der Waals surface area contributed by atoms with E-state index in [1.807, 2.05) is 26.1 Å². The number of benzene rings is 1. The van der Waals surface area contributed by atoms with Crippen molar-refractivity contribution < 1.29 is 9.13 Å². The zero-order valence-electron chi connectivity index (χ0n) is 14.5. The summed E-state index contributed by atoms with van der Waals surface area (Å²) < 4.78 is 24.0. The van der Waals surface area contributed by atoms with Crippen LogP contribution in [0.25, 0.3) is 16.9 Å². The highest BCUT2D eigenvalue weighted by molar-refractivity contribution is 9.10. The molecule has 3 aromatic heterocycles. The maximum absolute atomic E-state index is 14.2. The lowest BCUT2D eigenvalue weighted by Crippen LogP contribution is -2.20. The van der Waals surface area contributed by atoms with Crippen LogP contribution in [0.1, 0.15) is 12.6 Å². The number of nitrogens with zero attached hydrogens (tertiary/aromatic N) is 7. The first kappa shape index (κ1) is 17.5. The van der Waals surface area contributed by atoms with Crippen LogP contribution < -0.4 is 4.74 Å². The van der Waals surface area contributed by atoms with E-state index < -0.39 is 5.82 Å². The number of aromatic nitrogens is 7. The van der Waals surface area contributed by atoms with E-state index in [2.05, 4.69) is 41.5 Å². The molecule has 3 heterocycles. The quantitative estimate of drug-likeness (QED) is 0.482. The van der Waals surface area contributed by atoms with E-state index in [0.717, 1.165) is 15.7 Å². The summed E-state index contributed by atoms with van der Waals surface area (Å²) in [4.78, 5) is 4.62. The fourth-order valence-electron chi connectivity index (χ4n) is 2.71. The number of rotatable bonds is 5. The maximum Gasteiger partial charge on any atom is 0.170 e. The van der Waals surface area contributed by atoms with E-state index >= 15 is 0 Å². The second kappa shape index (κ2) is 7.03. The topological polar surface area (TPSA) is 83.0 Å². The molecule has 4 aromatic rings. The van der Waals surface area contributed by atoms with Crippen LogP contribution in [-0.4, -0.2) is 40.9 Å². The Kier molecular flexibility index (Phi) is 4.56. The lowest BCUT2D eigenvalue weighted by Gasteiger charge is -2.15.